The van der Waals surface area contributed by atoms with Gasteiger partial charge >= 0.3 is 0 Å². The fourth-order valence-electron chi connectivity index (χ4n) is 1.72. The molecule has 1 N–H and O–H groups in total. The van der Waals surface area contributed by atoms with Crippen molar-refractivity contribution in [3.63, 3.8) is 0 Å². The molecule has 2 aromatic carbocycles. The largest absolute Gasteiger partial charge is 0.504 e. The van der Waals surface area contributed by atoms with E-state index in [-0.39, 0.29) is 11.5 Å². The van der Waals surface area contributed by atoms with E-state index >= 15 is 0 Å². The minimum atomic E-state index is -0.116. The summed E-state index contributed by atoms with van der Waals surface area (Å²) in [6, 6.07) is 12.5. The van der Waals surface area contributed by atoms with Crippen LogP contribution in [0.4, 0.5) is 0 Å². The van der Waals surface area contributed by atoms with E-state index in [1.807, 2.05) is 30.3 Å². The highest BCUT2D eigenvalue weighted by Gasteiger charge is 2.12. The zero-order valence-corrected chi connectivity index (χ0v) is 10.5. The lowest BCUT2D eigenvalue weighted by Crippen LogP contribution is -1.98. The van der Waals surface area contributed by atoms with Crippen molar-refractivity contribution in [3.05, 3.63) is 53.6 Å². The molecular weight excluding hydrogens is 244 g/mol. The van der Waals surface area contributed by atoms with Gasteiger partial charge in [-0.3, -0.25) is 4.79 Å². The summed E-state index contributed by atoms with van der Waals surface area (Å²) in [5.41, 5.74) is 1.32. The van der Waals surface area contributed by atoms with Crippen LogP contribution in [0.25, 0.3) is 0 Å². The molecule has 0 aliphatic heterocycles. The Labute approximate surface area is 111 Å². The third-order valence-electron chi connectivity index (χ3n) is 2.63. The molecule has 0 spiro atoms. The van der Waals surface area contributed by atoms with Gasteiger partial charge in [0.25, 0.3) is 0 Å². The maximum atomic E-state index is 10.8. The molecule has 0 radical (unpaired) electrons. The van der Waals surface area contributed by atoms with E-state index in [2.05, 4.69) is 0 Å². The molecule has 0 unspecified atom stereocenters. The molecule has 19 heavy (non-hydrogen) atoms. The number of benzene rings is 2. The lowest BCUT2D eigenvalue weighted by atomic mass is 10.2. The first-order chi connectivity index (χ1) is 9.24. The average Bonchev–Trinajstić information content (AvgIpc) is 2.45. The Morgan fingerprint density at radius 1 is 1.21 bits per heavy atom. The molecule has 0 fully saturated rings. The normalized spacial score (nSPS) is 9.95. The van der Waals surface area contributed by atoms with Gasteiger partial charge in [0, 0.05) is 5.56 Å². The molecule has 98 valence electrons. The van der Waals surface area contributed by atoms with Gasteiger partial charge < -0.3 is 14.6 Å². The summed E-state index contributed by atoms with van der Waals surface area (Å²) in [7, 11) is 1.44. The van der Waals surface area contributed by atoms with Gasteiger partial charge in [0.1, 0.15) is 12.9 Å². The summed E-state index contributed by atoms with van der Waals surface area (Å²) >= 11 is 0. The highest BCUT2D eigenvalue weighted by Crippen LogP contribution is 2.37. The second kappa shape index (κ2) is 5.91. The van der Waals surface area contributed by atoms with Crippen molar-refractivity contribution in [1.29, 1.82) is 0 Å². The van der Waals surface area contributed by atoms with Crippen molar-refractivity contribution in [1.82, 2.24) is 0 Å². The van der Waals surface area contributed by atoms with Crippen LogP contribution >= 0.6 is 0 Å². The molecule has 0 heterocycles. The minimum Gasteiger partial charge on any atom is -0.504 e. The van der Waals surface area contributed by atoms with Crippen molar-refractivity contribution >= 4 is 6.29 Å². The number of rotatable bonds is 5. The van der Waals surface area contributed by atoms with Gasteiger partial charge in [0.2, 0.25) is 5.75 Å². The molecular formula is C15H14O4. The summed E-state index contributed by atoms with van der Waals surface area (Å²) < 4.78 is 10.7. The number of hydrogen-bond donors (Lipinski definition) is 1. The number of aromatic hydroxyl groups is 1. The van der Waals surface area contributed by atoms with Crippen molar-refractivity contribution in [2.24, 2.45) is 0 Å². The number of aldehydes is 1. The topological polar surface area (TPSA) is 55.8 Å². The van der Waals surface area contributed by atoms with Crippen LogP contribution in [0.2, 0.25) is 0 Å². The molecule has 0 aliphatic rings. The maximum Gasteiger partial charge on any atom is 0.203 e. The Morgan fingerprint density at radius 3 is 2.58 bits per heavy atom. The molecule has 4 heteroatoms. The first kappa shape index (κ1) is 13.0. The summed E-state index contributed by atoms with van der Waals surface area (Å²) in [5.74, 6) is 0.449. The molecule has 4 nitrogen and oxygen atoms in total. The molecule has 0 saturated carbocycles. The predicted octanol–water partition coefficient (Wildman–Crippen LogP) is 2.79. The van der Waals surface area contributed by atoms with E-state index in [9.17, 15) is 9.90 Å². The summed E-state index contributed by atoms with van der Waals surface area (Å²) in [5, 5.41) is 9.74. The Morgan fingerprint density at radius 2 is 1.95 bits per heavy atom. The zero-order chi connectivity index (χ0) is 13.7. The monoisotopic (exact) mass is 258 g/mol. The van der Waals surface area contributed by atoms with Crippen LogP contribution < -0.4 is 9.47 Å². The quantitative estimate of drug-likeness (QED) is 0.838. The highest BCUT2D eigenvalue weighted by molar-refractivity contribution is 5.78. The van der Waals surface area contributed by atoms with Gasteiger partial charge in [-0.05, 0) is 17.7 Å². The second-order valence-corrected chi connectivity index (χ2v) is 3.96. The Balaban J connectivity index is 2.23. The lowest BCUT2D eigenvalue weighted by Gasteiger charge is -2.12. The number of carbonyl (C=O) groups is 1. The van der Waals surface area contributed by atoms with Crippen LogP contribution in [0.5, 0.6) is 17.2 Å². The molecule has 0 atom stereocenters. The SMILES string of the molecule is COc1c(O)cc(C=O)cc1OCc1ccccc1. The van der Waals surface area contributed by atoms with E-state index in [1.54, 1.807) is 0 Å². The Kier molecular flexibility index (Phi) is 4.03. The zero-order valence-electron chi connectivity index (χ0n) is 10.5. The molecule has 0 aliphatic carbocycles. The molecule has 0 aromatic heterocycles. The number of phenolic OH excluding ortho intramolecular Hbond substituents is 1. The fourth-order valence-corrected chi connectivity index (χ4v) is 1.72. The van der Waals surface area contributed by atoms with Crippen LogP contribution in [0.15, 0.2) is 42.5 Å². The Bertz CT molecular complexity index is 564. The van der Waals surface area contributed by atoms with Gasteiger partial charge in [-0.2, -0.15) is 0 Å². The smallest absolute Gasteiger partial charge is 0.203 e. The predicted molar refractivity (Wildman–Crippen MR) is 70.8 cm³/mol. The average molecular weight is 258 g/mol. The highest BCUT2D eigenvalue weighted by atomic mass is 16.5. The first-order valence-electron chi connectivity index (χ1n) is 5.77. The van der Waals surface area contributed by atoms with E-state index in [4.69, 9.17) is 9.47 Å². The van der Waals surface area contributed by atoms with Crippen molar-refractivity contribution in [2.45, 2.75) is 6.61 Å². The molecule has 2 aromatic rings. The molecule has 0 saturated heterocycles. The van der Waals surface area contributed by atoms with Gasteiger partial charge in [0.05, 0.1) is 7.11 Å². The number of hydrogen-bond acceptors (Lipinski definition) is 4. The number of methoxy groups -OCH3 is 1. The number of phenols is 1. The van der Waals surface area contributed by atoms with E-state index in [1.165, 1.54) is 19.2 Å². The maximum absolute atomic E-state index is 10.8. The second-order valence-electron chi connectivity index (χ2n) is 3.96. The van der Waals surface area contributed by atoms with Crippen molar-refractivity contribution in [3.8, 4) is 17.2 Å². The van der Waals surface area contributed by atoms with Crippen LogP contribution in [0.3, 0.4) is 0 Å². The molecule has 2 rings (SSSR count). The van der Waals surface area contributed by atoms with Crippen LogP contribution in [-0.2, 0) is 6.61 Å². The Hall–Kier alpha value is -2.49. The minimum absolute atomic E-state index is 0.116. The van der Waals surface area contributed by atoms with Gasteiger partial charge in [0.15, 0.2) is 11.5 Å². The third-order valence-corrected chi connectivity index (χ3v) is 2.63. The number of ether oxygens (including phenoxy) is 2. The first-order valence-corrected chi connectivity index (χ1v) is 5.77. The van der Waals surface area contributed by atoms with Gasteiger partial charge in [-0.15, -0.1) is 0 Å². The van der Waals surface area contributed by atoms with Gasteiger partial charge in [-0.25, -0.2) is 0 Å². The van der Waals surface area contributed by atoms with Crippen LogP contribution in [-0.4, -0.2) is 18.5 Å². The summed E-state index contributed by atoms with van der Waals surface area (Å²) in [6.07, 6.45) is 0.647. The molecule has 0 bridgehead atoms. The third kappa shape index (κ3) is 3.04. The van der Waals surface area contributed by atoms with E-state index in [0.29, 0.717) is 24.2 Å². The van der Waals surface area contributed by atoms with Crippen molar-refractivity contribution < 1.29 is 19.4 Å². The summed E-state index contributed by atoms with van der Waals surface area (Å²) in [4.78, 5) is 10.8. The summed E-state index contributed by atoms with van der Waals surface area (Å²) in [6.45, 7) is 0.332. The van der Waals surface area contributed by atoms with E-state index < -0.39 is 0 Å². The van der Waals surface area contributed by atoms with Crippen molar-refractivity contribution in [2.75, 3.05) is 7.11 Å². The van der Waals surface area contributed by atoms with E-state index in [0.717, 1.165) is 5.56 Å². The fraction of sp³-hybridized carbons (Fsp3) is 0.133. The van der Waals surface area contributed by atoms with Crippen LogP contribution in [0, 0.1) is 0 Å². The van der Waals surface area contributed by atoms with Gasteiger partial charge in [-0.1, -0.05) is 30.3 Å². The molecule has 0 amide bonds. The van der Waals surface area contributed by atoms with Crippen LogP contribution in [0.1, 0.15) is 15.9 Å². The lowest BCUT2D eigenvalue weighted by molar-refractivity contribution is 0.112. The standard InChI is InChI=1S/C15H14O4/c1-18-15-13(17)7-12(9-16)8-14(15)19-10-11-5-3-2-4-6-11/h2-9,17H,10H2,1H3. The number of carbonyl (C=O) groups excluding carboxylic acids is 1.